The zero-order valence-electron chi connectivity index (χ0n) is 9.68. The summed E-state index contributed by atoms with van der Waals surface area (Å²) in [4.78, 5) is 12.1. The monoisotopic (exact) mass is 368 g/mol. The van der Waals surface area contributed by atoms with Gasteiger partial charge >= 0.3 is 0 Å². The van der Waals surface area contributed by atoms with Gasteiger partial charge in [0.05, 0.1) is 26.1 Å². The third kappa shape index (κ3) is 3.15. The fourth-order valence-corrected chi connectivity index (χ4v) is 1.93. The van der Waals surface area contributed by atoms with Crippen LogP contribution in [0.1, 0.15) is 13.8 Å². The maximum absolute atomic E-state index is 12.0. The molecular formula is C11H11BrCl2N2OS. The molecule has 0 fully saturated rings. The van der Waals surface area contributed by atoms with Gasteiger partial charge in [0, 0.05) is 4.47 Å². The molecule has 1 rings (SSSR count). The number of benzene rings is 1. The Labute approximate surface area is 129 Å². The molecule has 3 N–H and O–H groups in total. The summed E-state index contributed by atoms with van der Waals surface area (Å²) in [5.41, 5.74) is 4.98. The Morgan fingerprint density at radius 3 is 2.44 bits per heavy atom. The van der Waals surface area contributed by atoms with Gasteiger partial charge in [-0.2, -0.15) is 0 Å². The van der Waals surface area contributed by atoms with E-state index in [9.17, 15) is 4.79 Å². The van der Waals surface area contributed by atoms with Crippen LogP contribution >= 0.6 is 51.3 Å². The first-order valence-electron chi connectivity index (χ1n) is 4.92. The number of carbonyl (C=O) groups excluding carboxylic acids is 1. The van der Waals surface area contributed by atoms with Crippen molar-refractivity contribution in [1.82, 2.24) is 0 Å². The first kappa shape index (κ1) is 15.7. The number of carbonyl (C=O) groups is 1. The number of halogens is 3. The summed E-state index contributed by atoms with van der Waals surface area (Å²) < 4.78 is 0.653. The molecule has 1 aromatic rings. The van der Waals surface area contributed by atoms with Crippen LogP contribution in [0.15, 0.2) is 16.6 Å². The molecule has 1 aromatic carbocycles. The van der Waals surface area contributed by atoms with Crippen LogP contribution in [0, 0.1) is 5.41 Å². The summed E-state index contributed by atoms with van der Waals surface area (Å²) in [6, 6.07) is 3.34. The molecule has 0 saturated heterocycles. The van der Waals surface area contributed by atoms with E-state index in [-0.39, 0.29) is 15.9 Å². The van der Waals surface area contributed by atoms with Crippen molar-refractivity contribution in [2.24, 2.45) is 11.1 Å². The molecule has 0 aromatic heterocycles. The van der Waals surface area contributed by atoms with Gasteiger partial charge in [0.1, 0.15) is 0 Å². The maximum atomic E-state index is 12.0. The van der Waals surface area contributed by atoms with E-state index in [4.69, 9.17) is 41.2 Å². The molecule has 0 radical (unpaired) electrons. The molecule has 0 aliphatic heterocycles. The molecule has 98 valence electrons. The second-order valence-electron chi connectivity index (χ2n) is 4.17. The molecule has 0 aliphatic carbocycles. The number of nitrogens with one attached hydrogen (secondary N) is 1. The van der Waals surface area contributed by atoms with Gasteiger partial charge in [-0.05, 0) is 41.9 Å². The third-order valence-corrected chi connectivity index (χ3v) is 4.75. The highest BCUT2D eigenvalue weighted by atomic mass is 79.9. The van der Waals surface area contributed by atoms with Crippen LogP contribution in [0.4, 0.5) is 5.69 Å². The van der Waals surface area contributed by atoms with Crippen LogP contribution in [-0.4, -0.2) is 10.9 Å². The lowest BCUT2D eigenvalue weighted by molar-refractivity contribution is -0.121. The summed E-state index contributed by atoms with van der Waals surface area (Å²) in [7, 11) is 0. The van der Waals surface area contributed by atoms with Crippen LogP contribution < -0.4 is 11.1 Å². The van der Waals surface area contributed by atoms with E-state index < -0.39 is 5.41 Å². The highest BCUT2D eigenvalue weighted by Gasteiger charge is 2.31. The molecule has 3 nitrogen and oxygen atoms in total. The lowest BCUT2D eigenvalue weighted by Gasteiger charge is -2.22. The Hall–Kier alpha value is -0.360. The Morgan fingerprint density at radius 2 is 1.94 bits per heavy atom. The Kier molecular flexibility index (Phi) is 5.00. The molecule has 0 saturated carbocycles. The number of thiocarbonyl (C=S) groups is 1. The number of rotatable bonds is 3. The lowest BCUT2D eigenvalue weighted by atomic mass is 9.92. The lowest BCUT2D eigenvalue weighted by Crippen LogP contribution is -2.41. The number of hydrogen-bond acceptors (Lipinski definition) is 2. The molecule has 0 bridgehead atoms. The topological polar surface area (TPSA) is 55.1 Å². The highest BCUT2D eigenvalue weighted by molar-refractivity contribution is 9.10. The largest absolute Gasteiger partial charge is 0.392 e. The zero-order chi connectivity index (χ0) is 14.1. The van der Waals surface area contributed by atoms with E-state index in [1.165, 1.54) is 0 Å². The summed E-state index contributed by atoms with van der Waals surface area (Å²) in [5, 5.41) is 3.25. The second-order valence-corrected chi connectivity index (χ2v) is 6.22. The van der Waals surface area contributed by atoms with Crippen molar-refractivity contribution in [2.75, 3.05) is 5.32 Å². The van der Waals surface area contributed by atoms with E-state index in [1.54, 1.807) is 26.0 Å². The van der Waals surface area contributed by atoms with Gasteiger partial charge in [0.25, 0.3) is 0 Å². The fourth-order valence-electron chi connectivity index (χ4n) is 1.01. The number of amides is 1. The number of anilines is 1. The normalized spacial score (nSPS) is 11.2. The molecule has 0 unspecified atom stereocenters. The number of nitrogens with two attached hydrogens (primary N) is 1. The Bertz CT molecular complexity index is 520. The van der Waals surface area contributed by atoms with Crippen molar-refractivity contribution in [3.05, 3.63) is 26.7 Å². The van der Waals surface area contributed by atoms with Crippen molar-refractivity contribution >= 4 is 67.9 Å². The summed E-state index contributed by atoms with van der Waals surface area (Å²) in [6.07, 6.45) is 0. The molecule has 0 atom stereocenters. The van der Waals surface area contributed by atoms with E-state index in [0.717, 1.165) is 0 Å². The minimum absolute atomic E-state index is 0.110. The van der Waals surface area contributed by atoms with E-state index in [1.807, 2.05) is 0 Å². The first-order chi connectivity index (χ1) is 8.17. The predicted molar refractivity (Wildman–Crippen MR) is 83.4 cm³/mol. The SMILES string of the molecule is CC(C)(C(=O)Nc1ccc(Br)c(Cl)c1Cl)C(N)=S. The summed E-state index contributed by atoms with van der Waals surface area (Å²) >= 11 is 20.1. The van der Waals surface area contributed by atoms with E-state index in [2.05, 4.69) is 21.2 Å². The van der Waals surface area contributed by atoms with Crippen LogP contribution in [-0.2, 0) is 4.79 Å². The summed E-state index contributed by atoms with van der Waals surface area (Å²) in [5.74, 6) is -0.338. The van der Waals surface area contributed by atoms with Gasteiger partial charge in [-0.3, -0.25) is 4.79 Å². The van der Waals surface area contributed by atoms with Crippen LogP contribution in [0.5, 0.6) is 0 Å². The molecule has 0 aliphatic rings. The Balaban J connectivity index is 3.03. The minimum Gasteiger partial charge on any atom is -0.392 e. The van der Waals surface area contributed by atoms with Crippen molar-refractivity contribution in [2.45, 2.75) is 13.8 Å². The quantitative estimate of drug-likeness (QED) is 0.625. The van der Waals surface area contributed by atoms with Crippen molar-refractivity contribution in [3.8, 4) is 0 Å². The van der Waals surface area contributed by atoms with E-state index >= 15 is 0 Å². The zero-order valence-corrected chi connectivity index (χ0v) is 13.6. The van der Waals surface area contributed by atoms with Crippen molar-refractivity contribution in [1.29, 1.82) is 0 Å². The minimum atomic E-state index is -0.960. The molecule has 7 heteroatoms. The van der Waals surface area contributed by atoms with Crippen LogP contribution in [0.2, 0.25) is 10.0 Å². The third-order valence-electron chi connectivity index (χ3n) is 2.47. The first-order valence-corrected chi connectivity index (χ1v) is 6.88. The fraction of sp³-hybridized carbons (Fsp3) is 0.273. The van der Waals surface area contributed by atoms with Gasteiger partial charge in [-0.15, -0.1) is 0 Å². The van der Waals surface area contributed by atoms with Gasteiger partial charge in [-0.1, -0.05) is 35.4 Å². The molecule has 18 heavy (non-hydrogen) atoms. The van der Waals surface area contributed by atoms with Gasteiger partial charge in [0.15, 0.2) is 0 Å². The molecule has 0 heterocycles. The molecule has 1 amide bonds. The second kappa shape index (κ2) is 5.74. The van der Waals surface area contributed by atoms with Crippen LogP contribution in [0.3, 0.4) is 0 Å². The van der Waals surface area contributed by atoms with Gasteiger partial charge in [-0.25, -0.2) is 0 Å². The van der Waals surface area contributed by atoms with Crippen molar-refractivity contribution < 1.29 is 4.79 Å². The predicted octanol–water partition coefficient (Wildman–Crippen LogP) is 4.01. The summed E-state index contributed by atoms with van der Waals surface area (Å²) in [6.45, 7) is 3.28. The number of hydrogen-bond donors (Lipinski definition) is 2. The smallest absolute Gasteiger partial charge is 0.236 e. The maximum Gasteiger partial charge on any atom is 0.236 e. The standard InChI is InChI=1S/C11H11BrCl2N2OS/c1-11(2,9(15)18)10(17)16-6-4-3-5(12)7(13)8(6)14/h3-4H,1-2H3,(H2,15,18)(H,16,17). The van der Waals surface area contributed by atoms with Gasteiger partial charge < -0.3 is 11.1 Å². The van der Waals surface area contributed by atoms with Crippen LogP contribution in [0.25, 0.3) is 0 Å². The van der Waals surface area contributed by atoms with E-state index in [0.29, 0.717) is 15.2 Å². The Morgan fingerprint density at radius 1 is 1.39 bits per heavy atom. The average Bonchev–Trinajstić information content (AvgIpc) is 2.29. The van der Waals surface area contributed by atoms with Gasteiger partial charge in [0.2, 0.25) is 5.91 Å². The highest BCUT2D eigenvalue weighted by Crippen LogP contribution is 2.36. The van der Waals surface area contributed by atoms with Crippen molar-refractivity contribution in [3.63, 3.8) is 0 Å². The molecule has 0 spiro atoms. The average molecular weight is 370 g/mol. The molecular weight excluding hydrogens is 359 g/mol.